The molecule has 2 rings (SSSR count). The summed E-state index contributed by atoms with van der Waals surface area (Å²) >= 11 is 5.97. The molecule has 1 amide bonds. The molecule has 0 atom stereocenters. The number of aryl methyl sites for hydroxylation is 1. The molecular formula is C15H16ClN3O3. The SMILES string of the molecule is CCN(CC(=O)O)C(=O)c1cc(C)n(-c2cccc(Cl)c2)n1. The van der Waals surface area contributed by atoms with Crippen LogP contribution in [0.2, 0.25) is 5.02 Å². The maximum atomic E-state index is 12.3. The first-order chi connectivity index (χ1) is 10.4. The lowest BCUT2D eigenvalue weighted by atomic mass is 10.3. The summed E-state index contributed by atoms with van der Waals surface area (Å²) in [4.78, 5) is 24.4. The summed E-state index contributed by atoms with van der Waals surface area (Å²) in [6.45, 7) is 3.49. The van der Waals surface area contributed by atoms with Gasteiger partial charge in [-0.15, -0.1) is 0 Å². The Balaban J connectivity index is 2.33. The molecule has 1 heterocycles. The fourth-order valence-electron chi connectivity index (χ4n) is 2.10. The van der Waals surface area contributed by atoms with Crippen LogP contribution in [0.3, 0.4) is 0 Å². The minimum Gasteiger partial charge on any atom is -0.480 e. The summed E-state index contributed by atoms with van der Waals surface area (Å²) in [5.74, 6) is -1.46. The van der Waals surface area contributed by atoms with Crippen LogP contribution >= 0.6 is 11.6 Å². The zero-order valence-corrected chi connectivity index (χ0v) is 13.0. The van der Waals surface area contributed by atoms with E-state index in [2.05, 4.69) is 5.10 Å². The first kappa shape index (κ1) is 16.0. The first-order valence-corrected chi connectivity index (χ1v) is 7.14. The molecule has 0 aliphatic rings. The molecule has 6 nitrogen and oxygen atoms in total. The van der Waals surface area contributed by atoms with Crippen molar-refractivity contribution in [2.45, 2.75) is 13.8 Å². The molecule has 7 heteroatoms. The van der Waals surface area contributed by atoms with Crippen molar-refractivity contribution in [2.75, 3.05) is 13.1 Å². The minimum atomic E-state index is -1.05. The van der Waals surface area contributed by atoms with E-state index in [0.717, 1.165) is 11.4 Å². The molecule has 116 valence electrons. The predicted molar refractivity (Wildman–Crippen MR) is 82.5 cm³/mol. The molecule has 1 N–H and O–H groups in total. The van der Waals surface area contributed by atoms with Gasteiger partial charge in [-0.2, -0.15) is 5.10 Å². The molecule has 0 aliphatic carbocycles. The Labute approximate surface area is 132 Å². The molecule has 0 bridgehead atoms. The molecule has 0 aliphatic heterocycles. The van der Waals surface area contributed by atoms with Crippen molar-refractivity contribution in [2.24, 2.45) is 0 Å². The maximum Gasteiger partial charge on any atom is 0.323 e. The summed E-state index contributed by atoms with van der Waals surface area (Å²) in [5.41, 5.74) is 1.71. The molecule has 0 spiro atoms. The molecular weight excluding hydrogens is 306 g/mol. The monoisotopic (exact) mass is 321 g/mol. The van der Waals surface area contributed by atoms with E-state index in [-0.39, 0.29) is 12.2 Å². The number of hydrogen-bond donors (Lipinski definition) is 1. The maximum absolute atomic E-state index is 12.3. The van der Waals surface area contributed by atoms with Gasteiger partial charge in [-0.1, -0.05) is 17.7 Å². The molecule has 2 aromatic rings. The van der Waals surface area contributed by atoms with Gasteiger partial charge >= 0.3 is 5.97 Å². The number of nitrogens with zero attached hydrogens (tertiary/aromatic N) is 3. The van der Waals surface area contributed by atoms with Gasteiger partial charge in [0.05, 0.1) is 5.69 Å². The van der Waals surface area contributed by atoms with Gasteiger partial charge in [-0.25, -0.2) is 4.68 Å². The second-order valence-corrected chi connectivity index (χ2v) is 5.21. The van der Waals surface area contributed by atoms with Crippen molar-refractivity contribution < 1.29 is 14.7 Å². The number of likely N-dealkylation sites (N-methyl/N-ethyl adjacent to an activating group) is 1. The standard InChI is InChI=1S/C15H16ClN3O3/c1-3-18(9-14(20)21)15(22)13-7-10(2)19(17-13)12-6-4-5-11(16)8-12/h4-8H,3,9H2,1-2H3,(H,20,21). The second-order valence-electron chi connectivity index (χ2n) is 4.78. The van der Waals surface area contributed by atoms with E-state index in [9.17, 15) is 9.59 Å². The molecule has 0 saturated carbocycles. The van der Waals surface area contributed by atoms with E-state index in [1.165, 1.54) is 4.90 Å². The molecule has 0 radical (unpaired) electrons. The van der Waals surface area contributed by atoms with Crippen LogP contribution in [0.4, 0.5) is 0 Å². The Hall–Kier alpha value is -2.34. The third-order valence-electron chi connectivity index (χ3n) is 3.15. The third-order valence-corrected chi connectivity index (χ3v) is 3.39. The fourth-order valence-corrected chi connectivity index (χ4v) is 2.29. The molecule has 22 heavy (non-hydrogen) atoms. The summed E-state index contributed by atoms with van der Waals surface area (Å²) < 4.78 is 1.60. The number of aromatic nitrogens is 2. The Morgan fingerprint density at radius 3 is 2.68 bits per heavy atom. The summed E-state index contributed by atoms with van der Waals surface area (Å²) in [5, 5.41) is 13.7. The van der Waals surface area contributed by atoms with E-state index < -0.39 is 11.9 Å². The number of carboxylic acids is 1. The van der Waals surface area contributed by atoms with Gasteiger partial charge in [-0.05, 0) is 38.1 Å². The van der Waals surface area contributed by atoms with Crippen molar-refractivity contribution >= 4 is 23.5 Å². The quantitative estimate of drug-likeness (QED) is 0.917. The van der Waals surface area contributed by atoms with Crippen LogP contribution in [0.1, 0.15) is 23.1 Å². The highest BCUT2D eigenvalue weighted by Crippen LogP contribution is 2.17. The Morgan fingerprint density at radius 1 is 1.36 bits per heavy atom. The van der Waals surface area contributed by atoms with Crippen LogP contribution < -0.4 is 0 Å². The van der Waals surface area contributed by atoms with E-state index in [1.807, 2.05) is 13.0 Å². The highest BCUT2D eigenvalue weighted by atomic mass is 35.5. The number of halogens is 1. The second kappa shape index (κ2) is 6.62. The van der Waals surface area contributed by atoms with Gasteiger partial charge in [0.2, 0.25) is 0 Å². The van der Waals surface area contributed by atoms with Crippen LogP contribution in [-0.4, -0.2) is 44.8 Å². The van der Waals surface area contributed by atoms with Crippen molar-refractivity contribution in [3.8, 4) is 5.69 Å². The topological polar surface area (TPSA) is 75.4 Å². The van der Waals surface area contributed by atoms with E-state index >= 15 is 0 Å². The average molecular weight is 322 g/mol. The third kappa shape index (κ3) is 3.46. The normalized spacial score (nSPS) is 10.5. The number of carboxylic acid groups (broad SMARTS) is 1. The van der Waals surface area contributed by atoms with Gasteiger partial charge in [0.1, 0.15) is 6.54 Å². The van der Waals surface area contributed by atoms with Gasteiger partial charge < -0.3 is 10.0 Å². The van der Waals surface area contributed by atoms with E-state index in [0.29, 0.717) is 11.6 Å². The van der Waals surface area contributed by atoms with Crippen LogP contribution in [-0.2, 0) is 4.79 Å². The highest BCUT2D eigenvalue weighted by molar-refractivity contribution is 6.30. The lowest BCUT2D eigenvalue weighted by molar-refractivity contribution is -0.137. The van der Waals surface area contributed by atoms with Gasteiger partial charge in [0.25, 0.3) is 5.91 Å². The predicted octanol–water partition coefficient (Wildman–Crippen LogP) is 2.38. The summed E-state index contributed by atoms with van der Waals surface area (Å²) in [6, 6.07) is 8.75. The number of amides is 1. The number of carbonyl (C=O) groups excluding carboxylic acids is 1. The number of aliphatic carboxylic acids is 1. The van der Waals surface area contributed by atoms with E-state index in [4.69, 9.17) is 16.7 Å². The molecule has 0 unspecified atom stereocenters. The number of rotatable bonds is 5. The van der Waals surface area contributed by atoms with Crippen molar-refractivity contribution in [3.63, 3.8) is 0 Å². The van der Waals surface area contributed by atoms with Crippen LogP contribution in [0.15, 0.2) is 30.3 Å². The number of hydrogen-bond acceptors (Lipinski definition) is 3. The summed E-state index contributed by atoms with van der Waals surface area (Å²) in [6.07, 6.45) is 0. The molecule has 1 aromatic heterocycles. The first-order valence-electron chi connectivity index (χ1n) is 6.76. The molecule has 0 fully saturated rings. The van der Waals surface area contributed by atoms with Gasteiger partial charge in [-0.3, -0.25) is 9.59 Å². The summed E-state index contributed by atoms with van der Waals surface area (Å²) in [7, 11) is 0. The largest absolute Gasteiger partial charge is 0.480 e. The van der Waals surface area contributed by atoms with Crippen LogP contribution in [0.25, 0.3) is 5.69 Å². The van der Waals surface area contributed by atoms with Gasteiger partial charge in [0, 0.05) is 17.3 Å². The van der Waals surface area contributed by atoms with Gasteiger partial charge in [0.15, 0.2) is 5.69 Å². The van der Waals surface area contributed by atoms with E-state index in [1.54, 1.807) is 35.9 Å². The minimum absolute atomic E-state index is 0.209. The van der Waals surface area contributed by atoms with Crippen molar-refractivity contribution in [1.82, 2.24) is 14.7 Å². The van der Waals surface area contributed by atoms with Crippen LogP contribution in [0, 0.1) is 6.92 Å². The number of carbonyl (C=O) groups is 2. The fraction of sp³-hybridized carbons (Fsp3) is 0.267. The Bertz CT molecular complexity index is 712. The zero-order valence-electron chi connectivity index (χ0n) is 12.3. The molecule has 0 saturated heterocycles. The van der Waals surface area contributed by atoms with Crippen molar-refractivity contribution in [1.29, 1.82) is 0 Å². The van der Waals surface area contributed by atoms with Crippen LogP contribution in [0.5, 0.6) is 0 Å². The zero-order chi connectivity index (χ0) is 16.3. The Morgan fingerprint density at radius 2 is 2.09 bits per heavy atom. The smallest absolute Gasteiger partial charge is 0.323 e. The lowest BCUT2D eigenvalue weighted by Gasteiger charge is -2.16. The number of benzene rings is 1. The average Bonchev–Trinajstić information content (AvgIpc) is 2.86. The lowest BCUT2D eigenvalue weighted by Crippen LogP contribution is -2.35. The Kier molecular flexibility index (Phi) is 4.82. The van der Waals surface area contributed by atoms with Crippen molar-refractivity contribution in [3.05, 3.63) is 46.7 Å². The highest BCUT2D eigenvalue weighted by Gasteiger charge is 2.20. The molecule has 1 aromatic carbocycles.